The predicted molar refractivity (Wildman–Crippen MR) is 76.7 cm³/mol. The number of benzene rings is 1. The van der Waals surface area contributed by atoms with E-state index in [4.69, 9.17) is 9.84 Å². The number of rotatable bonds is 7. The number of hydrogen-bond donors (Lipinski definition) is 2. The van der Waals surface area contributed by atoms with Crippen molar-refractivity contribution in [2.45, 2.75) is 19.9 Å². The molecule has 0 aliphatic carbocycles. The molecule has 2 rings (SSSR count). The van der Waals surface area contributed by atoms with Gasteiger partial charge in [-0.15, -0.1) is 0 Å². The SMILES string of the molecule is CCNCc1cnc(Oc2ccccc2CCO)nc1. The van der Waals surface area contributed by atoms with Crippen LogP contribution in [-0.2, 0) is 13.0 Å². The maximum absolute atomic E-state index is 9.04. The lowest BCUT2D eigenvalue weighted by molar-refractivity contribution is 0.297. The molecule has 0 saturated carbocycles. The van der Waals surface area contributed by atoms with Crippen molar-refractivity contribution in [2.75, 3.05) is 13.2 Å². The number of aliphatic hydroxyl groups is 1. The molecule has 1 aromatic heterocycles. The molecule has 5 nitrogen and oxygen atoms in total. The summed E-state index contributed by atoms with van der Waals surface area (Å²) < 4.78 is 5.67. The van der Waals surface area contributed by atoms with Crippen LogP contribution in [0.4, 0.5) is 0 Å². The van der Waals surface area contributed by atoms with Crippen LogP contribution in [0.2, 0.25) is 0 Å². The fraction of sp³-hybridized carbons (Fsp3) is 0.333. The van der Waals surface area contributed by atoms with Gasteiger partial charge in [0, 0.05) is 31.1 Å². The fourth-order valence-corrected chi connectivity index (χ4v) is 1.78. The maximum Gasteiger partial charge on any atom is 0.321 e. The van der Waals surface area contributed by atoms with Gasteiger partial charge in [0.25, 0.3) is 0 Å². The minimum atomic E-state index is 0.0862. The lowest BCUT2D eigenvalue weighted by Crippen LogP contribution is -2.12. The van der Waals surface area contributed by atoms with Gasteiger partial charge in [-0.25, -0.2) is 9.97 Å². The highest BCUT2D eigenvalue weighted by atomic mass is 16.5. The van der Waals surface area contributed by atoms with E-state index in [1.165, 1.54) is 0 Å². The Kier molecular flexibility index (Phi) is 5.46. The van der Waals surface area contributed by atoms with Crippen LogP contribution in [0.3, 0.4) is 0 Å². The number of hydrogen-bond acceptors (Lipinski definition) is 5. The van der Waals surface area contributed by atoms with Crippen LogP contribution in [0.1, 0.15) is 18.1 Å². The highest BCUT2D eigenvalue weighted by molar-refractivity contribution is 5.35. The van der Waals surface area contributed by atoms with Gasteiger partial charge in [-0.3, -0.25) is 0 Å². The summed E-state index contributed by atoms with van der Waals surface area (Å²) in [6.07, 6.45) is 4.05. The third-order valence-electron chi connectivity index (χ3n) is 2.82. The number of ether oxygens (including phenoxy) is 1. The molecule has 0 atom stereocenters. The molecule has 5 heteroatoms. The second-order valence-electron chi connectivity index (χ2n) is 4.34. The second-order valence-corrected chi connectivity index (χ2v) is 4.34. The molecule has 0 spiro atoms. The molecule has 1 heterocycles. The number of nitrogens with one attached hydrogen (secondary N) is 1. The molecule has 0 bridgehead atoms. The first kappa shape index (κ1) is 14.4. The van der Waals surface area contributed by atoms with Crippen LogP contribution in [0.5, 0.6) is 11.8 Å². The quantitative estimate of drug-likeness (QED) is 0.806. The van der Waals surface area contributed by atoms with E-state index in [0.29, 0.717) is 18.2 Å². The summed E-state index contributed by atoms with van der Waals surface area (Å²) in [5.41, 5.74) is 1.96. The van der Waals surface area contributed by atoms with E-state index in [1.807, 2.05) is 24.3 Å². The summed E-state index contributed by atoms with van der Waals surface area (Å²) in [5.74, 6) is 0.681. The molecule has 0 aliphatic heterocycles. The van der Waals surface area contributed by atoms with Gasteiger partial charge in [-0.05, 0) is 24.6 Å². The van der Waals surface area contributed by atoms with Crippen LogP contribution in [-0.4, -0.2) is 28.2 Å². The Morgan fingerprint density at radius 1 is 1.20 bits per heavy atom. The van der Waals surface area contributed by atoms with E-state index in [2.05, 4.69) is 22.2 Å². The number of para-hydroxylation sites is 1. The molecule has 2 aromatic rings. The largest absolute Gasteiger partial charge is 0.424 e. The summed E-state index contributed by atoms with van der Waals surface area (Å²) >= 11 is 0. The third kappa shape index (κ3) is 4.01. The third-order valence-corrected chi connectivity index (χ3v) is 2.82. The Morgan fingerprint density at radius 3 is 2.65 bits per heavy atom. The van der Waals surface area contributed by atoms with E-state index in [1.54, 1.807) is 12.4 Å². The molecular formula is C15H19N3O2. The molecule has 1 aromatic carbocycles. The molecule has 0 saturated heterocycles. The van der Waals surface area contributed by atoms with Crippen molar-refractivity contribution >= 4 is 0 Å². The van der Waals surface area contributed by atoms with Crippen molar-refractivity contribution in [3.63, 3.8) is 0 Å². The van der Waals surface area contributed by atoms with Crippen LogP contribution < -0.4 is 10.1 Å². The molecule has 0 radical (unpaired) electrons. The summed E-state index contributed by atoms with van der Waals surface area (Å²) in [6.45, 7) is 3.80. The van der Waals surface area contributed by atoms with E-state index < -0.39 is 0 Å². The second kappa shape index (κ2) is 7.57. The van der Waals surface area contributed by atoms with E-state index in [-0.39, 0.29) is 6.61 Å². The van der Waals surface area contributed by atoms with Gasteiger partial charge in [0.1, 0.15) is 5.75 Å². The average Bonchev–Trinajstić information content (AvgIpc) is 2.49. The first-order chi connectivity index (χ1) is 9.83. The Bertz CT molecular complexity index is 529. The molecule has 2 N–H and O–H groups in total. The number of aliphatic hydroxyl groups excluding tert-OH is 1. The summed E-state index contributed by atoms with van der Waals surface area (Å²) in [7, 11) is 0. The first-order valence-electron chi connectivity index (χ1n) is 6.71. The molecule has 0 aliphatic rings. The standard InChI is InChI=1S/C15H19N3O2/c1-2-16-9-12-10-17-15(18-11-12)20-14-6-4-3-5-13(14)7-8-19/h3-6,10-11,16,19H,2,7-9H2,1H3. The van der Waals surface area contributed by atoms with Crippen molar-refractivity contribution in [3.8, 4) is 11.8 Å². The van der Waals surface area contributed by atoms with Gasteiger partial charge >= 0.3 is 6.01 Å². The van der Waals surface area contributed by atoms with Crippen molar-refractivity contribution < 1.29 is 9.84 Å². The van der Waals surface area contributed by atoms with Crippen LogP contribution in [0.15, 0.2) is 36.7 Å². The van der Waals surface area contributed by atoms with E-state index in [9.17, 15) is 0 Å². The summed E-state index contributed by atoms with van der Waals surface area (Å²) in [4.78, 5) is 8.38. The van der Waals surface area contributed by atoms with Gasteiger partial charge in [0.15, 0.2) is 0 Å². The van der Waals surface area contributed by atoms with Gasteiger partial charge in [0.05, 0.1) is 0 Å². The Balaban J connectivity index is 2.06. The van der Waals surface area contributed by atoms with Crippen molar-refractivity contribution in [1.29, 1.82) is 0 Å². The lowest BCUT2D eigenvalue weighted by atomic mass is 10.1. The minimum Gasteiger partial charge on any atom is -0.424 e. The van der Waals surface area contributed by atoms with Gasteiger partial charge < -0.3 is 15.2 Å². The lowest BCUT2D eigenvalue weighted by Gasteiger charge is -2.09. The van der Waals surface area contributed by atoms with E-state index >= 15 is 0 Å². The zero-order valence-corrected chi connectivity index (χ0v) is 11.5. The predicted octanol–water partition coefficient (Wildman–Crippen LogP) is 1.91. The number of nitrogens with zero attached hydrogens (tertiary/aromatic N) is 2. The highest BCUT2D eigenvalue weighted by Gasteiger charge is 2.05. The monoisotopic (exact) mass is 273 g/mol. The summed E-state index contributed by atoms with van der Waals surface area (Å²) in [6, 6.07) is 7.88. The topological polar surface area (TPSA) is 67.3 Å². The van der Waals surface area contributed by atoms with Crippen molar-refractivity contribution in [1.82, 2.24) is 15.3 Å². The minimum absolute atomic E-state index is 0.0862. The zero-order valence-electron chi connectivity index (χ0n) is 11.5. The van der Waals surface area contributed by atoms with E-state index in [0.717, 1.165) is 24.2 Å². The fourth-order valence-electron chi connectivity index (χ4n) is 1.78. The van der Waals surface area contributed by atoms with Gasteiger partial charge in [-0.2, -0.15) is 0 Å². The maximum atomic E-state index is 9.04. The van der Waals surface area contributed by atoms with Crippen LogP contribution >= 0.6 is 0 Å². The van der Waals surface area contributed by atoms with Gasteiger partial charge in [0.2, 0.25) is 0 Å². The molecule has 0 unspecified atom stereocenters. The zero-order chi connectivity index (χ0) is 14.2. The van der Waals surface area contributed by atoms with Crippen molar-refractivity contribution in [2.24, 2.45) is 0 Å². The average molecular weight is 273 g/mol. The van der Waals surface area contributed by atoms with Gasteiger partial charge in [-0.1, -0.05) is 25.1 Å². The smallest absolute Gasteiger partial charge is 0.321 e. The van der Waals surface area contributed by atoms with Crippen LogP contribution in [0.25, 0.3) is 0 Å². The molecule has 0 amide bonds. The Hall–Kier alpha value is -1.98. The Labute approximate surface area is 118 Å². The van der Waals surface area contributed by atoms with Crippen LogP contribution in [0, 0.1) is 0 Å². The highest BCUT2D eigenvalue weighted by Crippen LogP contribution is 2.22. The molecule has 106 valence electrons. The molecule has 20 heavy (non-hydrogen) atoms. The first-order valence-corrected chi connectivity index (χ1v) is 6.71. The molecular weight excluding hydrogens is 254 g/mol. The Morgan fingerprint density at radius 2 is 1.95 bits per heavy atom. The van der Waals surface area contributed by atoms with Crippen molar-refractivity contribution in [3.05, 3.63) is 47.8 Å². The molecule has 0 fully saturated rings. The number of aromatic nitrogens is 2. The normalized spacial score (nSPS) is 10.5. The summed E-state index contributed by atoms with van der Waals surface area (Å²) in [5, 5.41) is 12.2.